The molecule has 0 amide bonds. The van der Waals surface area contributed by atoms with E-state index in [-0.39, 0.29) is 25.9 Å². The highest BCUT2D eigenvalue weighted by Crippen LogP contribution is 2.26. The van der Waals surface area contributed by atoms with Crippen molar-refractivity contribution in [2.45, 2.75) is 237 Å². The van der Waals surface area contributed by atoms with Crippen LogP contribution in [0.5, 0.6) is 0 Å². The van der Waals surface area contributed by atoms with Crippen LogP contribution in [-0.4, -0.2) is 89.2 Å². The molecule has 1 fully saturated rings. The van der Waals surface area contributed by atoms with Gasteiger partial charge in [-0.3, -0.25) is 14.4 Å². The molecule has 0 spiro atoms. The third-order valence-corrected chi connectivity index (χ3v) is 12.6. The molecule has 1 rings (SSSR count). The zero-order valence-corrected chi connectivity index (χ0v) is 49.7. The molecule has 1 heterocycles. The minimum absolute atomic E-state index is 0.0273. The summed E-state index contributed by atoms with van der Waals surface area (Å²) in [5, 5.41) is 31.5. The van der Waals surface area contributed by atoms with Crippen molar-refractivity contribution in [3.63, 3.8) is 0 Å². The topological polar surface area (TPSA) is 175 Å². The van der Waals surface area contributed by atoms with E-state index in [4.69, 9.17) is 23.7 Å². The lowest BCUT2D eigenvalue weighted by atomic mass is 9.98. The first-order chi connectivity index (χ1) is 39.6. The fourth-order valence-electron chi connectivity index (χ4n) is 8.04. The lowest BCUT2D eigenvalue weighted by Gasteiger charge is -2.40. The Morgan fingerprint density at radius 3 is 1.20 bits per heavy atom. The van der Waals surface area contributed by atoms with Gasteiger partial charge in [0.05, 0.1) is 6.61 Å². The van der Waals surface area contributed by atoms with E-state index < -0.39 is 67.3 Å². The van der Waals surface area contributed by atoms with Crippen LogP contribution in [0.15, 0.2) is 158 Å². The molecule has 452 valence electrons. The van der Waals surface area contributed by atoms with Gasteiger partial charge in [-0.2, -0.15) is 0 Å². The van der Waals surface area contributed by atoms with Gasteiger partial charge in [-0.1, -0.05) is 211 Å². The van der Waals surface area contributed by atoms with Gasteiger partial charge in [-0.25, -0.2) is 4.79 Å². The number of hydrogen-bond acceptors (Lipinski definition) is 11. The number of esters is 3. The Morgan fingerprint density at radius 2 is 0.765 bits per heavy atom. The Kier molecular flexibility index (Phi) is 49.7. The van der Waals surface area contributed by atoms with Crippen LogP contribution in [0.4, 0.5) is 0 Å². The number of carbonyl (C=O) groups excluding carboxylic acids is 3. The van der Waals surface area contributed by atoms with Crippen molar-refractivity contribution in [1.82, 2.24) is 0 Å². The molecule has 12 heteroatoms. The zero-order chi connectivity index (χ0) is 58.9. The largest absolute Gasteiger partial charge is 0.479 e. The summed E-state index contributed by atoms with van der Waals surface area (Å²) in [7, 11) is 0. The van der Waals surface area contributed by atoms with E-state index in [1.54, 1.807) is 0 Å². The van der Waals surface area contributed by atoms with Crippen molar-refractivity contribution in [3.8, 4) is 0 Å². The van der Waals surface area contributed by atoms with Gasteiger partial charge in [0, 0.05) is 19.3 Å². The first kappa shape index (κ1) is 73.4. The van der Waals surface area contributed by atoms with Crippen molar-refractivity contribution < 1.29 is 58.2 Å². The van der Waals surface area contributed by atoms with Crippen LogP contribution in [0, 0.1) is 0 Å². The molecule has 0 aliphatic carbocycles. The first-order valence-electron chi connectivity index (χ1n) is 30.5. The average Bonchev–Trinajstić information content (AvgIpc) is 3.53. The molecule has 0 saturated carbocycles. The standard InChI is InChI=1S/C69H104O12/c1-4-7-10-13-16-19-22-25-28-30-31-33-35-37-40-43-46-49-52-55-61(70)77-58-60(79-62(71)56-53-50-47-44-41-38-34-27-24-21-18-15-12-9-6-3)59-78-69-67(65(74)64(73)66(81-69)68(75)76)80-63(72)57-54-51-48-45-42-39-36-32-29-26-23-20-17-14-11-8-5-2/h7-12,16-21,25-29,31,33-34,37,40-41,44,46,49,60,64-67,69,73-74H,4-6,13-15,22-24,30,32,35-36,38-39,42-43,45,47-48,50-59H2,1-3H3,(H,75,76)/b10-7-,11-8-,12-9-,19-16-,20-17-,21-18-,28-25-,29-26-,33-31-,34-27-,40-37-,44-41-,49-46-. The number of carboxylic acid groups (broad SMARTS) is 1. The van der Waals surface area contributed by atoms with Crippen LogP contribution in [-0.2, 0) is 42.9 Å². The molecule has 12 nitrogen and oxygen atoms in total. The van der Waals surface area contributed by atoms with Crippen LogP contribution in [0.1, 0.15) is 201 Å². The van der Waals surface area contributed by atoms with Gasteiger partial charge in [0.25, 0.3) is 0 Å². The van der Waals surface area contributed by atoms with Gasteiger partial charge in [0.15, 0.2) is 24.6 Å². The number of hydrogen-bond donors (Lipinski definition) is 3. The van der Waals surface area contributed by atoms with E-state index in [0.29, 0.717) is 25.7 Å². The van der Waals surface area contributed by atoms with Crippen LogP contribution in [0.2, 0.25) is 0 Å². The summed E-state index contributed by atoms with van der Waals surface area (Å²) in [6.07, 6.45) is 67.9. The average molecular weight is 1130 g/mol. The van der Waals surface area contributed by atoms with Gasteiger partial charge in [0.2, 0.25) is 0 Å². The molecule has 1 saturated heterocycles. The normalized spacial score (nSPS) is 18.9. The third-order valence-electron chi connectivity index (χ3n) is 12.6. The molecule has 0 bridgehead atoms. The first-order valence-corrected chi connectivity index (χ1v) is 30.5. The van der Waals surface area contributed by atoms with Crippen LogP contribution in [0.25, 0.3) is 0 Å². The highest BCUT2D eigenvalue weighted by molar-refractivity contribution is 5.74. The van der Waals surface area contributed by atoms with Crippen molar-refractivity contribution in [2.24, 2.45) is 0 Å². The Bertz CT molecular complexity index is 2010. The third kappa shape index (κ3) is 44.7. The Labute approximate surface area is 488 Å². The van der Waals surface area contributed by atoms with Gasteiger partial charge >= 0.3 is 23.9 Å². The van der Waals surface area contributed by atoms with E-state index in [0.717, 1.165) is 135 Å². The van der Waals surface area contributed by atoms with Crippen molar-refractivity contribution in [1.29, 1.82) is 0 Å². The fraction of sp³-hybridized carbons (Fsp3) is 0.565. The molecular formula is C69H104O12. The van der Waals surface area contributed by atoms with E-state index in [2.05, 4.69) is 167 Å². The number of ether oxygens (including phenoxy) is 5. The smallest absolute Gasteiger partial charge is 0.335 e. The Morgan fingerprint density at radius 1 is 0.407 bits per heavy atom. The van der Waals surface area contributed by atoms with Crippen molar-refractivity contribution in [2.75, 3.05) is 13.2 Å². The quantitative estimate of drug-likeness (QED) is 0.0228. The number of rotatable bonds is 49. The highest BCUT2D eigenvalue weighted by Gasteiger charge is 2.50. The summed E-state index contributed by atoms with van der Waals surface area (Å²) in [5.41, 5.74) is 0. The molecule has 1 aliphatic rings. The zero-order valence-electron chi connectivity index (χ0n) is 49.7. The monoisotopic (exact) mass is 1120 g/mol. The summed E-state index contributed by atoms with van der Waals surface area (Å²) in [4.78, 5) is 51.2. The summed E-state index contributed by atoms with van der Waals surface area (Å²) >= 11 is 0. The maximum atomic E-state index is 13.1. The highest BCUT2D eigenvalue weighted by atomic mass is 16.7. The number of aliphatic carboxylic acids is 1. The Hall–Kier alpha value is -5.66. The molecule has 1 aliphatic heterocycles. The number of unbranched alkanes of at least 4 members (excludes halogenated alkanes) is 9. The van der Waals surface area contributed by atoms with E-state index in [1.165, 1.54) is 0 Å². The van der Waals surface area contributed by atoms with Gasteiger partial charge in [0.1, 0.15) is 18.8 Å². The van der Waals surface area contributed by atoms with E-state index in [1.807, 2.05) is 12.2 Å². The second kappa shape index (κ2) is 54.9. The molecule has 0 radical (unpaired) electrons. The van der Waals surface area contributed by atoms with Gasteiger partial charge in [-0.05, 0) is 128 Å². The van der Waals surface area contributed by atoms with Crippen LogP contribution >= 0.6 is 0 Å². The predicted octanol–water partition coefficient (Wildman–Crippen LogP) is 16.1. The lowest BCUT2D eigenvalue weighted by molar-refractivity contribution is -0.301. The number of aliphatic hydroxyl groups is 2. The number of allylic oxidation sites excluding steroid dienone is 26. The maximum Gasteiger partial charge on any atom is 0.335 e. The lowest BCUT2D eigenvalue weighted by Crippen LogP contribution is -2.61. The Balaban J connectivity index is 2.77. The second-order valence-electron chi connectivity index (χ2n) is 19.8. The number of carbonyl (C=O) groups is 4. The van der Waals surface area contributed by atoms with E-state index >= 15 is 0 Å². The molecule has 6 atom stereocenters. The summed E-state index contributed by atoms with van der Waals surface area (Å²) < 4.78 is 28.3. The molecule has 0 aromatic rings. The summed E-state index contributed by atoms with van der Waals surface area (Å²) in [6, 6.07) is 0. The van der Waals surface area contributed by atoms with Crippen molar-refractivity contribution >= 4 is 23.9 Å². The van der Waals surface area contributed by atoms with E-state index in [9.17, 15) is 34.5 Å². The molecule has 6 unspecified atom stereocenters. The summed E-state index contributed by atoms with van der Waals surface area (Å²) in [6.45, 7) is 5.53. The maximum absolute atomic E-state index is 13.1. The van der Waals surface area contributed by atoms with Crippen LogP contribution in [0.3, 0.4) is 0 Å². The van der Waals surface area contributed by atoms with Crippen LogP contribution < -0.4 is 0 Å². The molecular weight excluding hydrogens is 1020 g/mol. The molecule has 0 aromatic carbocycles. The van der Waals surface area contributed by atoms with Crippen molar-refractivity contribution in [3.05, 3.63) is 158 Å². The second-order valence-corrected chi connectivity index (χ2v) is 19.8. The molecule has 81 heavy (non-hydrogen) atoms. The minimum atomic E-state index is -1.93. The van der Waals surface area contributed by atoms with Gasteiger partial charge < -0.3 is 39.0 Å². The predicted molar refractivity (Wildman–Crippen MR) is 330 cm³/mol. The number of aliphatic hydroxyl groups excluding tert-OH is 2. The SMILES string of the molecule is CC/C=C\C/C=C\C/C=C\C/C=C\C/C=C\C/C=C\CCC(=O)OCC(COC1OC(C(=O)O)C(O)C(O)C1OC(=O)CCCCCCCCC/C=C\C/C=C\C/C=C\CC)OC(=O)CCCC/C=C\C/C=C\C/C=C\C/C=C\CC. The minimum Gasteiger partial charge on any atom is -0.479 e. The number of carboxylic acids is 1. The molecule has 3 N–H and O–H groups in total. The summed E-state index contributed by atoms with van der Waals surface area (Å²) in [5.74, 6) is -3.33. The fourth-order valence-corrected chi connectivity index (χ4v) is 8.04. The molecule has 0 aromatic heterocycles. The van der Waals surface area contributed by atoms with Gasteiger partial charge in [-0.15, -0.1) is 0 Å².